The van der Waals surface area contributed by atoms with E-state index in [1.807, 2.05) is 42.4 Å². The number of methoxy groups -OCH3 is 1. The van der Waals surface area contributed by atoms with Gasteiger partial charge in [0.15, 0.2) is 0 Å². The second kappa shape index (κ2) is 6.77. The molecule has 2 aliphatic heterocycles. The van der Waals surface area contributed by atoms with Gasteiger partial charge in [0.2, 0.25) is 5.91 Å². The lowest BCUT2D eigenvalue weighted by Gasteiger charge is -2.30. The number of aromatic nitrogens is 1. The maximum absolute atomic E-state index is 12.3. The number of benzene rings is 1. The van der Waals surface area contributed by atoms with E-state index < -0.39 is 0 Å². The molecule has 1 aromatic carbocycles. The summed E-state index contributed by atoms with van der Waals surface area (Å²) in [6.45, 7) is 3.66. The van der Waals surface area contributed by atoms with E-state index in [0.29, 0.717) is 11.8 Å². The molecule has 0 radical (unpaired) electrons. The number of fused-ring (bicyclic) bond motifs is 1. The van der Waals surface area contributed by atoms with E-state index in [0.717, 1.165) is 48.9 Å². The minimum absolute atomic E-state index is 0.181. The lowest BCUT2D eigenvalue weighted by molar-refractivity contribution is -0.137. The van der Waals surface area contributed by atoms with E-state index in [2.05, 4.69) is 9.88 Å². The second-order valence-corrected chi connectivity index (χ2v) is 8.06. The van der Waals surface area contributed by atoms with Crippen LogP contribution >= 0.6 is 11.3 Å². The van der Waals surface area contributed by atoms with E-state index in [9.17, 15) is 4.79 Å². The van der Waals surface area contributed by atoms with Gasteiger partial charge in [0, 0.05) is 44.3 Å². The van der Waals surface area contributed by atoms with Crippen LogP contribution in [0, 0.1) is 11.8 Å². The summed E-state index contributed by atoms with van der Waals surface area (Å²) in [5.41, 5.74) is 1.04. The molecule has 2 aliphatic rings. The molecule has 1 aromatic heterocycles. The molecular weight excluding hydrogens is 334 g/mol. The lowest BCUT2D eigenvalue weighted by atomic mass is 9.88. The summed E-state index contributed by atoms with van der Waals surface area (Å²) >= 11 is 1.71. The fourth-order valence-electron chi connectivity index (χ4n) is 3.96. The molecule has 0 unspecified atom stereocenters. The number of nitrogens with zero attached hydrogens (tertiary/aromatic N) is 3. The van der Waals surface area contributed by atoms with Crippen LogP contribution in [0.15, 0.2) is 30.5 Å². The van der Waals surface area contributed by atoms with Crippen molar-refractivity contribution in [2.24, 2.45) is 11.8 Å². The van der Waals surface area contributed by atoms with Crippen molar-refractivity contribution in [2.45, 2.75) is 13.0 Å². The topological polar surface area (TPSA) is 45.7 Å². The summed E-state index contributed by atoms with van der Waals surface area (Å²) in [5.74, 6) is 1.87. The predicted molar refractivity (Wildman–Crippen MR) is 98.6 cm³/mol. The summed E-state index contributed by atoms with van der Waals surface area (Å²) in [4.78, 5) is 22.5. The van der Waals surface area contributed by atoms with Crippen LogP contribution in [-0.2, 0) is 11.3 Å². The van der Waals surface area contributed by atoms with Crippen molar-refractivity contribution in [3.8, 4) is 16.3 Å². The molecule has 0 aliphatic carbocycles. The van der Waals surface area contributed by atoms with Crippen LogP contribution in [0.5, 0.6) is 5.75 Å². The van der Waals surface area contributed by atoms with Gasteiger partial charge >= 0.3 is 0 Å². The maximum atomic E-state index is 12.3. The average molecular weight is 357 g/mol. The number of carbonyl (C=O) groups excluding carboxylic acids is 1. The molecule has 132 valence electrons. The van der Waals surface area contributed by atoms with E-state index in [-0.39, 0.29) is 5.92 Å². The Hall–Kier alpha value is -1.92. The number of piperidine rings is 1. The van der Waals surface area contributed by atoms with E-state index in [1.54, 1.807) is 18.4 Å². The van der Waals surface area contributed by atoms with Crippen molar-refractivity contribution < 1.29 is 9.53 Å². The van der Waals surface area contributed by atoms with E-state index in [4.69, 9.17) is 4.74 Å². The molecule has 1 amide bonds. The van der Waals surface area contributed by atoms with Gasteiger partial charge in [-0.2, -0.15) is 0 Å². The van der Waals surface area contributed by atoms with Crippen LogP contribution in [0.1, 0.15) is 11.3 Å². The van der Waals surface area contributed by atoms with Crippen molar-refractivity contribution in [3.05, 3.63) is 35.3 Å². The van der Waals surface area contributed by atoms with Gasteiger partial charge < -0.3 is 9.64 Å². The first-order valence-corrected chi connectivity index (χ1v) is 9.53. The molecule has 2 fully saturated rings. The van der Waals surface area contributed by atoms with Gasteiger partial charge in [-0.25, -0.2) is 4.98 Å². The molecule has 2 saturated heterocycles. The fourth-order valence-corrected chi connectivity index (χ4v) is 4.95. The molecule has 0 bridgehead atoms. The first-order valence-electron chi connectivity index (χ1n) is 8.71. The standard InChI is InChI=1S/C19H23N3O2S/c1-21-8-7-13-10-22(12-16(13)19(21)23)11-14-9-20-18(25-14)15-5-3-4-6-17(15)24-2/h3-6,9,13,16H,7-8,10-12H2,1-2H3/t13-,16+/m1/s1. The molecule has 2 atom stereocenters. The highest BCUT2D eigenvalue weighted by atomic mass is 32.1. The van der Waals surface area contributed by atoms with Crippen LogP contribution in [-0.4, -0.2) is 54.5 Å². The van der Waals surface area contributed by atoms with Crippen molar-refractivity contribution in [1.82, 2.24) is 14.8 Å². The van der Waals surface area contributed by atoms with Crippen LogP contribution in [0.4, 0.5) is 0 Å². The predicted octanol–water partition coefficient (Wildman–Crippen LogP) is 2.73. The van der Waals surface area contributed by atoms with Crippen LogP contribution in [0.25, 0.3) is 10.6 Å². The number of likely N-dealkylation sites (tertiary alicyclic amines) is 2. The first-order chi connectivity index (χ1) is 12.2. The molecule has 3 heterocycles. The van der Waals surface area contributed by atoms with Crippen molar-refractivity contribution in [1.29, 1.82) is 0 Å². The molecule has 0 N–H and O–H groups in total. The number of carbonyl (C=O) groups is 1. The molecule has 2 aromatic rings. The van der Waals surface area contributed by atoms with Gasteiger partial charge in [0.25, 0.3) is 0 Å². The van der Waals surface area contributed by atoms with E-state index >= 15 is 0 Å². The molecule has 6 heteroatoms. The largest absolute Gasteiger partial charge is 0.496 e. The van der Waals surface area contributed by atoms with Crippen LogP contribution < -0.4 is 4.74 Å². The van der Waals surface area contributed by atoms with Crippen molar-refractivity contribution in [3.63, 3.8) is 0 Å². The monoisotopic (exact) mass is 357 g/mol. The van der Waals surface area contributed by atoms with Gasteiger partial charge in [0.1, 0.15) is 10.8 Å². The maximum Gasteiger partial charge on any atom is 0.227 e. The smallest absolute Gasteiger partial charge is 0.227 e. The number of amides is 1. The van der Waals surface area contributed by atoms with Crippen LogP contribution in [0.2, 0.25) is 0 Å². The third-order valence-electron chi connectivity index (χ3n) is 5.32. The second-order valence-electron chi connectivity index (χ2n) is 6.94. The normalized spacial score (nSPS) is 23.8. The van der Waals surface area contributed by atoms with Crippen molar-refractivity contribution >= 4 is 17.2 Å². The van der Waals surface area contributed by atoms with Gasteiger partial charge in [-0.3, -0.25) is 9.69 Å². The van der Waals surface area contributed by atoms with Gasteiger partial charge in [-0.15, -0.1) is 11.3 Å². The number of ether oxygens (including phenoxy) is 1. The Kier molecular flexibility index (Phi) is 4.48. The highest BCUT2D eigenvalue weighted by molar-refractivity contribution is 7.15. The third kappa shape index (κ3) is 3.16. The zero-order valence-corrected chi connectivity index (χ0v) is 15.5. The number of hydrogen-bond acceptors (Lipinski definition) is 5. The molecule has 4 rings (SSSR count). The van der Waals surface area contributed by atoms with Crippen LogP contribution in [0.3, 0.4) is 0 Å². The number of rotatable bonds is 4. The third-order valence-corrected chi connectivity index (χ3v) is 6.33. The highest BCUT2D eigenvalue weighted by Gasteiger charge is 2.41. The minimum atomic E-state index is 0.181. The Bertz CT molecular complexity index is 776. The Morgan fingerprint density at radius 3 is 3.00 bits per heavy atom. The Balaban J connectivity index is 1.46. The lowest BCUT2D eigenvalue weighted by Crippen LogP contribution is -2.42. The number of thiazole rings is 1. The zero-order valence-electron chi connectivity index (χ0n) is 14.6. The molecule has 0 spiro atoms. The highest BCUT2D eigenvalue weighted by Crippen LogP contribution is 2.35. The summed E-state index contributed by atoms with van der Waals surface area (Å²) in [5, 5.41) is 0.986. The summed E-state index contributed by atoms with van der Waals surface area (Å²) < 4.78 is 5.44. The SMILES string of the molecule is COc1ccccc1-c1ncc(CN2C[C@H]3CCN(C)C(=O)[C@H]3C2)s1. The van der Waals surface area contributed by atoms with Crippen molar-refractivity contribution in [2.75, 3.05) is 33.8 Å². The molecule has 0 saturated carbocycles. The van der Waals surface area contributed by atoms with Gasteiger partial charge in [-0.1, -0.05) is 12.1 Å². The molecule has 25 heavy (non-hydrogen) atoms. The Labute approximate surface area is 152 Å². The molecule has 5 nitrogen and oxygen atoms in total. The fraction of sp³-hybridized carbons (Fsp3) is 0.474. The number of para-hydroxylation sites is 1. The quantitative estimate of drug-likeness (QED) is 0.844. The molecular formula is C19H23N3O2S. The average Bonchev–Trinajstić information content (AvgIpc) is 3.26. The summed E-state index contributed by atoms with van der Waals surface area (Å²) in [6, 6.07) is 7.98. The van der Waals surface area contributed by atoms with Gasteiger partial charge in [0.05, 0.1) is 18.6 Å². The first kappa shape index (κ1) is 16.5. The number of hydrogen-bond donors (Lipinski definition) is 0. The summed E-state index contributed by atoms with van der Waals surface area (Å²) in [6.07, 6.45) is 3.08. The Morgan fingerprint density at radius 1 is 1.32 bits per heavy atom. The minimum Gasteiger partial charge on any atom is -0.496 e. The van der Waals surface area contributed by atoms with Gasteiger partial charge in [-0.05, 0) is 24.5 Å². The summed E-state index contributed by atoms with van der Waals surface area (Å²) in [7, 11) is 3.61. The van der Waals surface area contributed by atoms with E-state index in [1.165, 1.54) is 4.88 Å². The Morgan fingerprint density at radius 2 is 2.16 bits per heavy atom. The zero-order chi connectivity index (χ0) is 17.4.